The van der Waals surface area contributed by atoms with E-state index in [1.165, 1.54) is 11.6 Å². The quantitative estimate of drug-likeness (QED) is 0.580. The van der Waals surface area contributed by atoms with E-state index in [-0.39, 0.29) is 5.78 Å². The molecule has 0 bridgehead atoms. The average Bonchev–Trinajstić information content (AvgIpc) is 2.58. The van der Waals surface area contributed by atoms with Crippen LogP contribution in [0.1, 0.15) is 41.3 Å². The lowest BCUT2D eigenvalue weighted by Gasteiger charge is -2.06. The van der Waals surface area contributed by atoms with Crippen molar-refractivity contribution in [3.63, 3.8) is 0 Å². The van der Waals surface area contributed by atoms with Gasteiger partial charge in [0.15, 0.2) is 5.78 Å². The summed E-state index contributed by atoms with van der Waals surface area (Å²) in [6.07, 6.45) is 3.29. The van der Waals surface area contributed by atoms with Crippen LogP contribution in [0.3, 0.4) is 0 Å². The molecule has 0 saturated carbocycles. The fourth-order valence-corrected chi connectivity index (χ4v) is 2.12. The number of ether oxygens (including phenoxy) is 1. The topological polar surface area (TPSA) is 66.4 Å². The van der Waals surface area contributed by atoms with Crippen molar-refractivity contribution < 1.29 is 19.4 Å². The zero-order chi connectivity index (χ0) is 17.5. The summed E-state index contributed by atoms with van der Waals surface area (Å²) in [6.45, 7) is 3.75. The van der Waals surface area contributed by atoms with Crippen LogP contribution in [0, 0.1) is 0 Å². The van der Waals surface area contributed by atoms with Gasteiger partial charge in [-0.1, -0.05) is 44.2 Å². The molecule has 124 valence electrons. The summed E-state index contributed by atoms with van der Waals surface area (Å²) < 4.78 is 4.97. The van der Waals surface area contributed by atoms with E-state index in [1.807, 2.05) is 12.1 Å². The summed E-state index contributed by atoms with van der Waals surface area (Å²) in [5.74, 6) is -0.567. The number of hydrogen-bond donors (Lipinski definition) is 0. The predicted molar refractivity (Wildman–Crippen MR) is 90.8 cm³/mol. The van der Waals surface area contributed by atoms with Gasteiger partial charge in [-0.25, -0.2) is 0 Å². The van der Waals surface area contributed by atoms with E-state index in [1.54, 1.807) is 30.3 Å². The largest absolute Gasteiger partial charge is 0.546 e. The fourth-order valence-electron chi connectivity index (χ4n) is 2.12. The maximum Gasteiger partial charge on any atom is 0.185 e. The Morgan fingerprint density at radius 3 is 2.21 bits per heavy atom. The van der Waals surface area contributed by atoms with Crippen LogP contribution in [0.5, 0.6) is 5.75 Å². The van der Waals surface area contributed by atoms with Crippen molar-refractivity contribution in [2.75, 3.05) is 6.61 Å². The van der Waals surface area contributed by atoms with Gasteiger partial charge < -0.3 is 14.6 Å². The molecule has 0 saturated heterocycles. The molecule has 2 aromatic rings. The monoisotopic (exact) mass is 323 g/mol. The van der Waals surface area contributed by atoms with Crippen LogP contribution in [0.2, 0.25) is 0 Å². The minimum atomic E-state index is -1.29. The number of ketones is 1. The molecule has 4 heteroatoms. The second-order valence-corrected chi connectivity index (χ2v) is 5.70. The summed E-state index contributed by atoms with van der Waals surface area (Å²) in [7, 11) is 0. The second kappa shape index (κ2) is 8.11. The SMILES string of the molecule is CC(C)c1ccc(/C=C/C(=O)c2ccc(OCC(=O)[O-])cc2)cc1. The van der Waals surface area contributed by atoms with Crippen LogP contribution in [0.4, 0.5) is 0 Å². The van der Waals surface area contributed by atoms with Gasteiger partial charge in [0, 0.05) is 5.56 Å². The van der Waals surface area contributed by atoms with Gasteiger partial charge >= 0.3 is 0 Å². The smallest absolute Gasteiger partial charge is 0.185 e. The number of aliphatic carboxylic acids is 1. The lowest BCUT2D eigenvalue weighted by atomic mass is 10.0. The molecule has 0 heterocycles. The Balaban J connectivity index is 1.99. The molecule has 0 unspecified atom stereocenters. The minimum Gasteiger partial charge on any atom is -0.546 e. The van der Waals surface area contributed by atoms with Gasteiger partial charge in [-0.05, 0) is 47.4 Å². The summed E-state index contributed by atoms with van der Waals surface area (Å²) in [5, 5.41) is 10.3. The van der Waals surface area contributed by atoms with Gasteiger partial charge in [-0.2, -0.15) is 0 Å². The molecular weight excluding hydrogens is 304 g/mol. The van der Waals surface area contributed by atoms with E-state index in [4.69, 9.17) is 4.74 Å². The molecule has 4 nitrogen and oxygen atoms in total. The summed E-state index contributed by atoms with van der Waals surface area (Å²) in [4.78, 5) is 22.5. The molecule has 2 rings (SSSR count). The first-order chi connectivity index (χ1) is 11.5. The van der Waals surface area contributed by atoms with E-state index in [9.17, 15) is 14.7 Å². The van der Waals surface area contributed by atoms with Crippen LogP contribution < -0.4 is 9.84 Å². The molecule has 0 aliphatic heterocycles. The van der Waals surface area contributed by atoms with Crippen LogP contribution in [0.15, 0.2) is 54.6 Å². The van der Waals surface area contributed by atoms with Crippen molar-refractivity contribution in [2.45, 2.75) is 19.8 Å². The van der Waals surface area contributed by atoms with Crippen molar-refractivity contribution in [1.29, 1.82) is 0 Å². The first-order valence-electron chi connectivity index (χ1n) is 7.71. The normalized spacial score (nSPS) is 11.0. The Labute approximate surface area is 141 Å². The third kappa shape index (κ3) is 5.09. The molecule has 0 atom stereocenters. The number of carbonyl (C=O) groups is 2. The molecule has 0 radical (unpaired) electrons. The zero-order valence-corrected chi connectivity index (χ0v) is 13.7. The number of hydrogen-bond acceptors (Lipinski definition) is 4. The Morgan fingerprint density at radius 2 is 1.67 bits per heavy atom. The standard InChI is InChI=1S/C20H20O4/c1-14(2)16-6-3-15(4-7-16)5-12-19(21)17-8-10-18(11-9-17)24-13-20(22)23/h3-12,14H,13H2,1-2H3,(H,22,23)/p-1/b12-5+. The number of allylic oxidation sites excluding steroid dienone is 1. The van der Waals surface area contributed by atoms with Crippen molar-refractivity contribution >= 4 is 17.8 Å². The first kappa shape index (κ1) is 17.5. The molecule has 0 spiro atoms. The lowest BCUT2D eigenvalue weighted by molar-refractivity contribution is -0.307. The summed E-state index contributed by atoms with van der Waals surface area (Å²) >= 11 is 0. The van der Waals surface area contributed by atoms with Gasteiger partial charge in [-0.3, -0.25) is 4.79 Å². The first-order valence-corrected chi connectivity index (χ1v) is 7.71. The van der Waals surface area contributed by atoms with Gasteiger partial charge in [-0.15, -0.1) is 0 Å². The Kier molecular flexibility index (Phi) is 5.90. The van der Waals surface area contributed by atoms with Crippen molar-refractivity contribution in [2.24, 2.45) is 0 Å². The van der Waals surface area contributed by atoms with Crippen molar-refractivity contribution in [1.82, 2.24) is 0 Å². The molecular formula is C20H19O4-. The van der Waals surface area contributed by atoms with Crippen LogP contribution in [-0.4, -0.2) is 18.4 Å². The Bertz CT molecular complexity index is 725. The molecule has 0 N–H and O–H groups in total. The van der Waals surface area contributed by atoms with Gasteiger partial charge in [0.2, 0.25) is 0 Å². The molecule has 2 aromatic carbocycles. The number of benzene rings is 2. The molecule has 24 heavy (non-hydrogen) atoms. The van der Waals surface area contributed by atoms with Crippen molar-refractivity contribution in [3.05, 3.63) is 71.3 Å². The van der Waals surface area contributed by atoms with E-state index in [0.29, 0.717) is 17.2 Å². The van der Waals surface area contributed by atoms with Crippen LogP contribution in [0.25, 0.3) is 6.08 Å². The second-order valence-electron chi connectivity index (χ2n) is 5.70. The number of carboxylic acid groups (broad SMARTS) is 1. The highest BCUT2D eigenvalue weighted by molar-refractivity contribution is 6.06. The maximum atomic E-state index is 12.1. The third-order valence-electron chi connectivity index (χ3n) is 3.53. The maximum absolute atomic E-state index is 12.1. The van der Waals surface area contributed by atoms with E-state index >= 15 is 0 Å². The number of rotatable bonds is 7. The van der Waals surface area contributed by atoms with Crippen molar-refractivity contribution in [3.8, 4) is 5.75 Å². The minimum absolute atomic E-state index is 0.130. The average molecular weight is 323 g/mol. The number of carbonyl (C=O) groups excluding carboxylic acids is 2. The van der Waals surface area contributed by atoms with Crippen LogP contribution in [-0.2, 0) is 4.79 Å². The highest BCUT2D eigenvalue weighted by atomic mass is 16.5. The van der Waals surface area contributed by atoms with E-state index in [0.717, 1.165) is 5.56 Å². The highest BCUT2D eigenvalue weighted by Gasteiger charge is 2.03. The highest BCUT2D eigenvalue weighted by Crippen LogP contribution is 2.16. The molecule has 0 aliphatic rings. The lowest BCUT2D eigenvalue weighted by Crippen LogP contribution is -2.28. The van der Waals surface area contributed by atoms with E-state index < -0.39 is 12.6 Å². The number of carboxylic acids is 1. The van der Waals surface area contributed by atoms with Gasteiger partial charge in [0.25, 0.3) is 0 Å². The molecule has 0 amide bonds. The van der Waals surface area contributed by atoms with E-state index in [2.05, 4.69) is 26.0 Å². The van der Waals surface area contributed by atoms with Gasteiger partial charge in [0.1, 0.15) is 12.4 Å². The Hall–Kier alpha value is -2.88. The van der Waals surface area contributed by atoms with Crippen LogP contribution >= 0.6 is 0 Å². The zero-order valence-electron chi connectivity index (χ0n) is 13.7. The Morgan fingerprint density at radius 1 is 1.04 bits per heavy atom. The summed E-state index contributed by atoms with van der Waals surface area (Å²) in [5.41, 5.74) is 2.72. The molecule has 0 aliphatic carbocycles. The predicted octanol–water partition coefficient (Wildman–Crippen LogP) is 2.83. The summed E-state index contributed by atoms with van der Waals surface area (Å²) in [6, 6.07) is 14.4. The third-order valence-corrected chi connectivity index (χ3v) is 3.53. The molecule has 0 aromatic heterocycles. The fraction of sp³-hybridized carbons (Fsp3) is 0.200. The van der Waals surface area contributed by atoms with Gasteiger partial charge in [0.05, 0.1) is 5.97 Å². The molecule has 0 fully saturated rings.